The van der Waals surface area contributed by atoms with Gasteiger partial charge in [0.15, 0.2) is 11.6 Å². The molecule has 76 valence electrons. The van der Waals surface area contributed by atoms with E-state index < -0.39 is 5.82 Å². The third-order valence-electron chi connectivity index (χ3n) is 2.36. The average Bonchev–Trinajstić information content (AvgIpc) is 2.19. The fourth-order valence-corrected chi connectivity index (χ4v) is 1.58. The lowest BCUT2D eigenvalue weighted by atomic mass is 10.0. The van der Waals surface area contributed by atoms with Crippen molar-refractivity contribution < 1.29 is 13.9 Å². The van der Waals surface area contributed by atoms with Gasteiger partial charge in [-0.05, 0) is 6.07 Å². The fourth-order valence-electron chi connectivity index (χ4n) is 1.58. The minimum Gasteiger partial charge on any atom is -0.497 e. The molecule has 1 atom stereocenters. The number of hydrogen-bond acceptors (Lipinski definition) is 3. The second kappa shape index (κ2) is 3.46. The summed E-state index contributed by atoms with van der Waals surface area (Å²) in [6, 6.07) is 2.86. The van der Waals surface area contributed by atoms with Gasteiger partial charge in [0.1, 0.15) is 5.75 Å². The summed E-state index contributed by atoms with van der Waals surface area (Å²) >= 11 is 0. The van der Waals surface area contributed by atoms with E-state index in [1.807, 2.05) is 0 Å². The first-order valence-electron chi connectivity index (χ1n) is 4.48. The molecule has 0 saturated carbocycles. The maximum absolute atomic E-state index is 13.4. The molecule has 0 saturated heterocycles. The summed E-state index contributed by atoms with van der Waals surface area (Å²) in [4.78, 5) is 0. The van der Waals surface area contributed by atoms with Crippen LogP contribution < -0.4 is 15.2 Å². The number of fused-ring (bicyclic) bond motifs is 1. The zero-order chi connectivity index (χ0) is 10.1. The third kappa shape index (κ3) is 1.42. The van der Waals surface area contributed by atoms with Crippen LogP contribution in [0.5, 0.6) is 11.5 Å². The van der Waals surface area contributed by atoms with E-state index in [-0.39, 0.29) is 11.8 Å². The molecule has 0 unspecified atom stereocenters. The Morgan fingerprint density at radius 3 is 3.07 bits per heavy atom. The van der Waals surface area contributed by atoms with Gasteiger partial charge < -0.3 is 15.2 Å². The highest BCUT2D eigenvalue weighted by Crippen LogP contribution is 2.35. The van der Waals surface area contributed by atoms with Gasteiger partial charge in [0.25, 0.3) is 0 Å². The maximum Gasteiger partial charge on any atom is 0.169 e. The molecule has 2 rings (SSSR count). The molecule has 2 N–H and O–H groups in total. The van der Waals surface area contributed by atoms with Gasteiger partial charge in [-0.1, -0.05) is 0 Å². The topological polar surface area (TPSA) is 44.5 Å². The Morgan fingerprint density at radius 2 is 2.36 bits per heavy atom. The molecule has 0 spiro atoms. The van der Waals surface area contributed by atoms with Gasteiger partial charge in [0, 0.05) is 24.1 Å². The molecule has 0 radical (unpaired) electrons. The molecule has 1 aliphatic rings. The second-order valence-electron chi connectivity index (χ2n) is 3.27. The maximum atomic E-state index is 13.4. The predicted molar refractivity (Wildman–Crippen MR) is 50.0 cm³/mol. The molecule has 0 fully saturated rings. The van der Waals surface area contributed by atoms with E-state index in [9.17, 15) is 4.39 Å². The summed E-state index contributed by atoms with van der Waals surface area (Å²) in [6.45, 7) is 0.470. The molecule has 1 aliphatic heterocycles. The minimum absolute atomic E-state index is 0.164. The molecule has 1 aromatic carbocycles. The minimum atomic E-state index is -0.408. The number of ether oxygens (including phenoxy) is 2. The largest absolute Gasteiger partial charge is 0.497 e. The number of halogens is 1. The summed E-state index contributed by atoms with van der Waals surface area (Å²) in [5, 5.41) is 0. The van der Waals surface area contributed by atoms with Crippen LogP contribution in [0.4, 0.5) is 4.39 Å². The number of nitrogens with two attached hydrogens (primary N) is 1. The second-order valence-corrected chi connectivity index (χ2v) is 3.27. The Balaban J connectivity index is 2.51. The number of hydrogen-bond donors (Lipinski definition) is 1. The monoisotopic (exact) mass is 197 g/mol. The van der Waals surface area contributed by atoms with Crippen molar-refractivity contribution in [3.8, 4) is 11.5 Å². The third-order valence-corrected chi connectivity index (χ3v) is 2.36. The Kier molecular flexibility index (Phi) is 2.29. The van der Waals surface area contributed by atoms with Gasteiger partial charge in [0.05, 0.1) is 13.7 Å². The van der Waals surface area contributed by atoms with E-state index in [0.717, 1.165) is 0 Å². The summed E-state index contributed by atoms with van der Waals surface area (Å²) < 4.78 is 23.6. The Morgan fingerprint density at radius 1 is 1.57 bits per heavy atom. The highest BCUT2D eigenvalue weighted by Gasteiger charge is 2.22. The van der Waals surface area contributed by atoms with Gasteiger partial charge in [-0.2, -0.15) is 0 Å². The SMILES string of the molecule is COc1cc(F)c2c(c1)[C@@H](N)CCO2. The van der Waals surface area contributed by atoms with Crippen LogP contribution in [0.25, 0.3) is 0 Å². The molecule has 3 nitrogen and oxygen atoms in total. The predicted octanol–water partition coefficient (Wildman–Crippen LogP) is 1.62. The molecule has 1 heterocycles. The van der Waals surface area contributed by atoms with Crippen LogP contribution in [0.2, 0.25) is 0 Å². The van der Waals surface area contributed by atoms with E-state index in [1.165, 1.54) is 13.2 Å². The van der Waals surface area contributed by atoms with Crippen LogP contribution in [0, 0.1) is 5.82 Å². The van der Waals surface area contributed by atoms with Crippen molar-refractivity contribution in [1.82, 2.24) is 0 Å². The standard InChI is InChI=1S/C10H12FNO2/c1-13-6-4-7-9(12)2-3-14-10(7)8(11)5-6/h4-5,9H,2-3,12H2,1H3/t9-/m0/s1. The van der Waals surface area contributed by atoms with E-state index in [1.54, 1.807) is 6.07 Å². The van der Waals surface area contributed by atoms with Crippen molar-refractivity contribution in [2.75, 3.05) is 13.7 Å². The molecule has 0 aliphatic carbocycles. The van der Waals surface area contributed by atoms with E-state index in [4.69, 9.17) is 15.2 Å². The van der Waals surface area contributed by atoms with E-state index in [2.05, 4.69) is 0 Å². The summed E-state index contributed by atoms with van der Waals surface area (Å²) in [5.74, 6) is 0.334. The Bertz CT molecular complexity index is 354. The van der Waals surface area contributed by atoms with Crippen molar-refractivity contribution in [2.24, 2.45) is 5.73 Å². The van der Waals surface area contributed by atoms with Crippen molar-refractivity contribution in [1.29, 1.82) is 0 Å². The van der Waals surface area contributed by atoms with Crippen molar-refractivity contribution >= 4 is 0 Å². The van der Waals surface area contributed by atoms with E-state index in [0.29, 0.717) is 24.3 Å². The Hall–Kier alpha value is -1.29. The Labute approximate surface area is 81.6 Å². The van der Waals surface area contributed by atoms with Crippen LogP contribution in [-0.4, -0.2) is 13.7 Å². The summed E-state index contributed by atoms with van der Waals surface area (Å²) in [5.41, 5.74) is 6.52. The fraction of sp³-hybridized carbons (Fsp3) is 0.400. The van der Waals surface area contributed by atoms with Crippen LogP contribution in [0.1, 0.15) is 18.0 Å². The number of methoxy groups -OCH3 is 1. The van der Waals surface area contributed by atoms with Crippen molar-refractivity contribution in [3.05, 3.63) is 23.5 Å². The molecule has 1 aromatic rings. The van der Waals surface area contributed by atoms with Crippen LogP contribution in [0.15, 0.2) is 12.1 Å². The molecule has 0 aromatic heterocycles. The molecular weight excluding hydrogens is 185 g/mol. The lowest BCUT2D eigenvalue weighted by Crippen LogP contribution is -2.21. The number of benzene rings is 1. The highest BCUT2D eigenvalue weighted by molar-refractivity contribution is 5.44. The van der Waals surface area contributed by atoms with Gasteiger partial charge in [0.2, 0.25) is 0 Å². The van der Waals surface area contributed by atoms with Crippen LogP contribution in [0.3, 0.4) is 0 Å². The first kappa shape index (κ1) is 9.27. The summed E-state index contributed by atoms with van der Waals surface area (Å²) in [6.07, 6.45) is 0.708. The molecule has 0 amide bonds. The molecule has 14 heavy (non-hydrogen) atoms. The normalized spacial score (nSPS) is 19.8. The van der Waals surface area contributed by atoms with Crippen LogP contribution in [-0.2, 0) is 0 Å². The zero-order valence-corrected chi connectivity index (χ0v) is 7.92. The lowest BCUT2D eigenvalue weighted by Gasteiger charge is -2.23. The first-order valence-corrected chi connectivity index (χ1v) is 4.48. The lowest BCUT2D eigenvalue weighted by molar-refractivity contribution is 0.254. The van der Waals surface area contributed by atoms with Gasteiger partial charge in [-0.15, -0.1) is 0 Å². The molecule has 4 heteroatoms. The zero-order valence-electron chi connectivity index (χ0n) is 7.92. The van der Waals surface area contributed by atoms with Crippen LogP contribution >= 0.6 is 0 Å². The number of rotatable bonds is 1. The van der Waals surface area contributed by atoms with Crippen molar-refractivity contribution in [2.45, 2.75) is 12.5 Å². The highest BCUT2D eigenvalue weighted by atomic mass is 19.1. The van der Waals surface area contributed by atoms with Gasteiger partial charge in [-0.25, -0.2) is 4.39 Å². The average molecular weight is 197 g/mol. The van der Waals surface area contributed by atoms with Crippen molar-refractivity contribution in [3.63, 3.8) is 0 Å². The smallest absolute Gasteiger partial charge is 0.169 e. The van der Waals surface area contributed by atoms with E-state index >= 15 is 0 Å². The molecular formula is C10H12FNO2. The summed E-state index contributed by atoms with van der Waals surface area (Å²) in [7, 11) is 1.50. The van der Waals surface area contributed by atoms with Gasteiger partial charge in [-0.3, -0.25) is 0 Å². The first-order chi connectivity index (χ1) is 6.72. The van der Waals surface area contributed by atoms with Gasteiger partial charge >= 0.3 is 0 Å². The molecule has 0 bridgehead atoms. The quantitative estimate of drug-likeness (QED) is 0.744.